The number of aryl methyl sites for hydroxylation is 1. The lowest BCUT2D eigenvalue weighted by atomic mass is 9.92. The third-order valence-corrected chi connectivity index (χ3v) is 5.45. The van der Waals surface area contributed by atoms with Gasteiger partial charge in [-0.05, 0) is 42.8 Å². The molecule has 0 spiro atoms. The summed E-state index contributed by atoms with van der Waals surface area (Å²) in [6.45, 7) is 1.56. The topological polar surface area (TPSA) is 58.6 Å². The molecule has 3 rings (SSSR count). The van der Waals surface area contributed by atoms with E-state index in [1.807, 2.05) is 0 Å². The smallest absolute Gasteiger partial charge is 0.428 e. The van der Waals surface area contributed by atoms with Crippen molar-refractivity contribution in [3.05, 3.63) is 61.3 Å². The minimum atomic E-state index is -4.82. The fraction of sp³-hybridized carbons (Fsp3) is 0.188. The van der Waals surface area contributed by atoms with E-state index in [1.54, 1.807) is 6.92 Å². The number of hydrogen-bond acceptors (Lipinski definition) is 4. The largest absolute Gasteiger partial charge is 0.477 e. The average molecular weight is 424 g/mol. The van der Waals surface area contributed by atoms with Crippen LogP contribution < -0.4 is 5.48 Å². The first-order chi connectivity index (χ1) is 12.0. The lowest BCUT2D eigenvalue weighted by Gasteiger charge is -2.28. The number of nitrogens with one attached hydrogen (secondary N) is 1. The number of hydrogen-bond donors (Lipinski definition) is 2. The third-order valence-electron chi connectivity index (χ3n) is 3.76. The second-order valence-corrected chi connectivity index (χ2v) is 7.51. The predicted octanol–water partition coefficient (Wildman–Crippen LogP) is 5.40. The molecule has 0 aliphatic carbocycles. The fourth-order valence-electron chi connectivity index (χ4n) is 2.56. The van der Waals surface area contributed by atoms with E-state index in [4.69, 9.17) is 33.1 Å². The standard InChI is InChI=1S/C16H10Cl2F3NO3S/c1-7-2-12(26-13(7)14(23)24)11-6-15(25-22-11,16(19,20)21)8-3-9(17)5-10(18)4-8/h2-6,22H,1H3,(H,23,24). The molecule has 0 bridgehead atoms. The van der Waals surface area contributed by atoms with E-state index in [2.05, 4.69) is 5.48 Å². The van der Waals surface area contributed by atoms with Crippen LogP contribution in [0.15, 0.2) is 30.3 Å². The van der Waals surface area contributed by atoms with Gasteiger partial charge in [0.25, 0.3) is 0 Å². The Balaban J connectivity index is 2.14. The van der Waals surface area contributed by atoms with Gasteiger partial charge >= 0.3 is 12.1 Å². The molecule has 0 fully saturated rings. The Morgan fingerprint density at radius 1 is 1.23 bits per heavy atom. The minimum absolute atomic E-state index is 0.0130. The molecular formula is C16H10Cl2F3NO3S. The maximum Gasteiger partial charge on any atom is 0.428 e. The number of benzene rings is 1. The molecule has 1 aromatic carbocycles. The zero-order valence-electron chi connectivity index (χ0n) is 12.9. The Labute approximate surface area is 159 Å². The molecule has 0 saturated carbocycles. The monoisotopic (exact) mass is 423 g/mol. The van der Waals surface area contributed by atoms with E-state index in [-0.39, 0.29) is 26.2 Å². The van der Waals surface area contributed by atoms with Gasteiger partial charge < -0.3 is 5.11 Å². The lowest BCUT2D eigenvalue weighted by molar-refractivity contribution is -0.269. The van der Waals surface area contributed by atoms with Crippen molar-refractivity contribution in [1.82, 2.24) is 5.48 Å². The van der Waals surface area contributed by atoms with Crippen molar-refractivity contribution in [3.8, 4) is 0 Å². The summed E-state index contributed by atoms with van der Waals surface area (Å²) in [6, 6.07) is 5.02. The van der Waals surface area contributed by atoms with Gasteiger partial charge in [-0.1, -0.05) is 23.2 Å². The van der Waals surface area contributed by atoms with Crippen molar-refractivity contribution >= 4 is 46.2 Å². The summed E-state index contributed by atoms with van der Waals surface area (Å²) in [7, 11) is 0. The van der Waals surface area contributed by atoms with Crippen LogP contribution in [0.5, 0.6) is 0 Å². The Kier molecular flexibility index (Phi) is 4.72. The third kappa shape index (κ3) is 3.18. The molecule has 2 N–H and O–H groups in total. The molecule has 1 unspecified atom stereocenters. The fourth-order valence-corrected chi connectivity index (χ4v) is 4.06. The van der Waals surface area contributed by atoms with Crippen molar-refractivity contribution in [3.63, 3.8) is 0 Å². The molecule has 1 atom stereocenters. The Bertz CT molecular complexity index is 906. The van der Waals surface area contributed by atoms with Crippen LogP contribution in [0, 0.1) is 6.92 Å². The number of thiophene rings is 1. The predicted molar refractivity (Wildman–Crippen MR) is 92.4 cm³/mol. The van der Waals surface area contributed by atoms with Crippen LogP contribution in [0.4, 0.5) is 13.2 Å². The van der Waals surface area contributed by atoms with Gasteiger partial charge in [0.15, 0.2) is 0 Å². The molecule has 1 aliphatic rings. The summed E-state index contributed by atoms with van der Waals surface area (Å²) in [5.41, 5.74) is -0.389. The van der Waals surface area contributed by atoms with Crippen molar-refractivity contribution < 1.29 is 27.9 Å². The molecule has 2 aromatic rings. The van der Waals surface area contributed by atoms with Gasteiger partial charge in [0, 0.05) is 15.6 Å². The molecule has 26 heavy (non-hydrogen) atoms. The molecule has 2 heterocycles. The summed E-state index contributed by atoms with van der Waals surface area (Å²) in [5, 5.41) is 9.18. The number of aromatic carboxylic acids is 1. The highest BCUT2D eigenvalue weighted by Gasteiger charge is 2.59. The molecule has 4 nitrogen and oxygen atoms in total. The number of carboxylic acids is 1. The number of alkyl halides is 3. The van der Waals surface area contributed by atoms with E-state index in [1.165, 1.54) is 12.1 Å². The SMILES string of the molecule is Cc1cc(C2=CC(c3cc(Cl)cc(Cl)c3)(C(F)(F)F)ON2)sc1C(=O)O. The Morgan fingerprint density at radius 2 is 1.85 bits per heavy atom. The van der Waals surface area contributed by atoms with Gasteiger partial charge in [0.05, 0.1) is 10.6 Å². The van der Waals surface area contributed by atoms with Crippen molar-refractivity contribution in [2.45, 2.75) is 18.7 Å². The van der Waals surface area contributed by atoms with E-state index in [0.717, 1.165) is 29.5 Å². The summed E-state index contributed by atoms with van der Waals surface area (Å²) >= 11 is 12.5. The van der Waals surface area contributed by atoms with Crippen LogP contribution in [0.2, 0.25) is 10.0 Å². The van der Waals surface area contributed by atoms with Gasteiger partial charge in [-0.25, -0.2) is 4.79 Å². The van der Waals surface area contributed by atoms with E-state index in [9.17, 15) is 18.0 Å². The van der Waals surface area contributed by atoms with E-state index < -0.39 is 17.7 Å². The van der Waals surface area contributed by atoms with Crippen LogP contribution >= 0.6 is 34.5 Å². The van der Waals surface area contributed by atoms with Gasteiger partial charge in [-0.3, -0.25) is 10.3 Å². The van der Waals surface area contributed by atoms with Crippen LogP contribution in [0.25, 0.3) is 5.70 Å². The van der Waals surface area contributed by atoms with Crippen molar-refractivity contribution in [2.24, 2.45) is 0 Å². The number of halogens is 5. The molecule has 1 aromatic heterocycles. The number of carbonyl (C=O) groups is 1. The molecular weight excluding hydrogens is 414 g/mol. The number of hydroxylamine groups is 1. The summed E-state index contributed by atoms with van der Waals surface area (Å²) < 4.78 is 41.6. The quantitative estimate of drug-likeness (QED) is 0.694. The van der Waals surface area contributed by atoms with Crippen molar-refractivity contribution in [2.75, 3.05) is 0 Å². The maximum absolute atomic E-state index is 13.9. The average Bonchev–Trinajstić information content (AvgIpc) is 3.10. The van der Waals surface area contributed by atoms with E-state index >= 15 is 0 Å². The van der Waals surface area contributed by atoms with Crippen LogP contribution in [0.3, 0.4) is 0 Å². The second-order valence-electron chi connectivity index (χ2n) is 5.58. The Morgan fingerprint density at radius 3 is 2.35 bits per heavy atom. The summed E-state index contributed by atoms with van der Waals surface area (Å²) in [6.07, 6.45) is -3.97. The van der Waals surface area contributed by atoms with E-state index in [0.29, 0.717) is 10.4 Å². The van der Waals surface area contributed by atoms with Crippen molar-refractivity contribution in [1.29, 1.82) is 0 Å². The van der Waals surface area contributed by atoms with Gasteiger partial charge in [-0.2, -0.15) is 13.2 Å². The number of rotatable bonds is 3. The highest BCUT2D eigenvalue weighted by molar-refractivity contribution is 7.15. The van der Waals surface area contributed by atoms with Crippen LogP contribution in [0.1, 0.15) is 25.7 Å². The van der Waals surface area contributed by atoms with Crippen LogP contribution in [-0.2, 0) is 10.4 Å². The molecule has 10 heteroatoms. The summed E-state index contributed by atoms with van der Waals surface area (Å²) in [4.78, 5) is 16.5. The molecule has 1 aliphatic heterocycles. The lowest BCUT2D eigenvalue weighted by Crippen LogP contribution is -2.42. The number of carboxylic acid groups (broad SMARTS) is 1. The normalized spacial score (nSPS) is 20.0. The highest BCUT2D eigenvalue weighted by atomic mass is 35.5. The zero-order chi connectivity index (χ0) is 19.3. The molecule has 138 valence electrons. The highest BCUT2D eigenvalue weighted by Crippen LogP contribution is 2.48. The molecule has 0 radical (unpaired) electrons. The Hall–Kier alpha value is -1.74. The first-order valence-corrected chi connectivity index (χ1v) is 8.65. The second kappa shape index (κ2) is 6.45. The van der Waals surface area contributed by atoms with Gasteiger partial charge in [0.2, 0.25) is 5.60 Å². The minimum Gasteiger partial charge on any atom is -0.477 e. The van der Waals surface area contributed by atoms with Gasteiger partial charge in [-0.15, -0.1) is 11.3 Å². The van der Waals surface area contributed by atoms with Crippen LogP contribution in [-0.4, -0.2) is 17.3 Å². The summed E-state index contributed by atoms with van der Waals surface area (Å²) in [5.74, 6) is -1.15. The molecule has 0 saturated heterocycles. The molecule has 0 amide bonds. The first kappa shape index (κ1) is 19.0. The zero-order valence-corrected chi connectivity index (χ0v) is 15.3. The first-order valence-electron chi connectivity index (χ1n) is 7.08. The van der Waals surface area contributed by atoms with Gasteiger partial charge in [0.1, 0.15) is 4.88 Å². The maximum atomic E-state index is 13.9.